The highest BCUT2D eigenvalue weighted by Gasteiger charge is 2.23. The minimum absolute atomic E-state index is 0.704. The number of hydrogen-bond donors (Lipinski definition) is 1. The molecule has 3 heteroatoms. The van der Waals surface area contributed by atoms with Crippen molar-refractivity contribution in [1.82, 2.24) is 5.32 Å². The van der Waals surface area contributed by atoms with E-state index in [0.717, 1.165) is 24.5 Å². The summed E-state index contributed by atoms with van der Waals surface area (Å²) in [5.41, 5.74) is 2.74. The number of nitrogens with one attached hydrogen (secondary N) is 1. The average molecular weight is 309 g/mol. The number of rotatable bonds is 7. The van der Waals surface area contributed by atoms with Gasteiger partial charge in [-0.2, -0.15) is 0 Å². The summed E-state index contributed by atoms with van der Waals surface area (Å²) in [6.07, 6.45) is 7.74. The number of hydrogen-bond acceptors (Lipinski definition) is 2. The van der Waals surface area contributed by atoms with Crippen molar-refractivity contribution in [3.8, 4) is 0 Å². The van der Waals surface area contributed by atoms with Gasteiger partial charge < -0.3 is 10.2 Å². The molecule has 21 heavy (non-hydrogen) atoms. The summed E-state index contributed by atoms with van der Waals surface area (Å²) in [5, 5.41) is 4.36. The summed E-state index contributed by atoms with van der Waals surface area (Å²) in [6, 6.07) is 7.10. The molecule has 1 heterocycles. The van der Waals surface area contributed by atoms with E-state index < -0.39 is 0 Å². The van der Waals surface area contributed by atoms with Crippen molar-refractivity contribution < 1.29 is 0 Å². The van der Waals surface area contributed by atoms with Gasteiger partial charge in [-0.3, -0.25) is 0 Å². The number of nitrogens with zero attached hydrogens (tertiary/aromatic N) is 1. The van der Waals surface area contributed by atoms with Crippen LogP contribution < -0.4 is 10.2 Å². The van der Waals surface area contributed by atoms with E-state index in [9.17, 15) is 0 Å². The van der Waals surface area contributed by atoms with Crippen LogP contribution in [0.15, 0.2) is 18.2 Å². The summed E-state index contributed by atoms with van der Waals surface area (Å²) in [4.78, 5) is 2.63. The van der Waals surface area contributed by atoms with Gasteiger partial charge in [0, 0.05) is 29.8 Å². The first-order valence-corrected chi connectivity index (χ1v) is 8.89. The standard InChI is InChI=1S/C18H29ClN2/c1-3-7-17-8-5-6-12-21(17)18-10-9-16(19)13-15(18)14-20-11-4-2/h9-10,13,17,20H,3-8,11-12,14H2,1-2H3. The third-order valence-corrected chi connectivity index (χ3v) is 4.58. The summed E-state index contributed by atoms with van der Waals surface area (Å²) in [7, 11) is 0. The van der Waals surface area contributed by atoms with E-state index in [1.807, 2.05) is 6.07 Å². The van der Waals surface area contributed by atoms with Crippen LogP contribution in [0.2, 0.25) is 5.02 Å². The number of halogens is 1. The molecular formula is C18H29ClN2. The van der Waals surface area contributed by atoms with Gasteiger partial charge in [0.2, 0.25) is 0 Å². The molecule has 1 aliphatic heterocycles. The van der Waals surface area contributed by atoms with Gasteiger partial charge in [0.25, 0.3) is 0 Å². The second-order valence-corrected chi connectivity index (χ2v) is 6.52. The third kappa shape index (κ3) is 4.62. The Labute approximate surface area is 134 Å². The molecule has 1 N–H and O–H groups in total. The van der Waals surface area contributed by atoms with Crippen LogP contribution in [0.4, 0.5) is 5.69 Å². The molecule has 0 amide bonds. The van der Waals surface area contributed by atoms with Crippen LogP contribution in [-0.4, -0.2) is 19.1 Å². The molecule has 0 bridgehead atoms. The Morgan fingerprint density at radius 3 is 2.86 bits per heavy atom. The van der Waals surface area contributed by atoms with E-state index in [1.165, 1.54) is 49.9 Å². The lowest BCUT2D eigenvalue weighted by Gasteiger charge is -2.39. The van der Waals surface area contributed by atoms with Gasteiger partial charge >= 0.3 is 0 Å². The lowest BCUT2D eigenvalue weighted by Crippen LogP contribution is -2.40. The quantitative estimate of drug-likeness (QED) is 0.713. The van der Waals surface area contributed by atoms with Crippen LogP contribution in [-0.2, 0) is 6.54 Å². The summed E-state index contributed by atoms with van der Waals surface area (Å²) >= 11 is 6.22. The lowest BCUT2D eigenvalue weighted by atomic mass is 9.96. The molecule has 2 nitrogen and oxygen atoms in total. The molecule has 1 aliphatic rings. The fraction of sp³-hybridized carbons (Fsp3) is 0.667. The third-order valence-electron chi connectivity index (χ3n) is 4.34. The molecule has 1 saturated heterocycles. The molecule has 1 unspecified atom stereocenters. The summed E-state index contributed by atoms with van der Waals surface area (Å²) in [6.45, 7) is 7.66. The number of anilines is 1. The van der Waals surface area contributed by atoms with Gasteiger partial charge in [-0.15, -0.1) is 0 Å². The Bertz CT molecular complexity index is 431. The zero-order valence-electron chi connectivity index (χ0n) is 13.5. The van der Waals surface area contributed by atoms with Crippen molar-refractivity contribution in [3.63, 3.8) is 0 Å². The highest BCUT2D eigenvalue weighted by molar-refractivity contribution is 6.30. The van der Waals surface area contributed by atoms with E-state index in [-0.39, 0.29) is 0 Å². The molecule has 1 aromatic rings. The van der Waals surface area contributed by atoms with Gasteiger partial charge in [-0.25, -0.2) is 0 Å². The van der Waals surface area contributed by atoms with Crippen LogP contribution >= 0.6 is 11.6 Å². The molecule has 2 rings (SSSR count). The van der Waals surface area contributed by atoms with Crippen molar-refractivity contribution in [2.24, 2.45) is 0 Å². The fourth-order valence-electron chi connectivity index (χ4n) is 3.33. The monoisotopic (exact) mass is 308 g/mol. The van der Waals surface area contributed by atoms with Crippen molar-refractivity contribution in [3.05, 3.63) is 28.8 Å². The van der Waals surface area contributed by atoms with Gasteiger partial charge in [-0.1, -0.05) is 31.9 Å². The first-order valence-electron chi connectivity index (χ1n) is 8.52. The molecule has 0 aliphatic carbocycles. The Kier molecular flexibility index (Phi) is 6.85. The highest BCUT2D eigenvalue weighted by atomic mass is 35.5. The Morgan fingerprint density at radius 1 is 1.24 bits per heavy atom. The van der Waals surface area contributed by atoms with E-state index in [0.29, 0.717) is 6.04 Å². The number of benzene rings is 1. The molecule has 0 saturated carbocycles. The largest absolute Gasteiger partial charge is 0.368 e. The summed E-state index contributed by atoms with van der Waals surface area (Å²) < 4.78 is 0. The van der Waals surface area contributed by atoms with Gasteiger partial charge in [-0.05, 0) is 62.4 Å². The van der Waals surface area contributed by atoms with E-state index in [1.54, 1.807) is 0 Å². The first-order chi connectivity index (χ1) is 10.3. The minimum Gasteiger partial charge on any atom is -0.368 e. The van der Waals surface area contributed by atoms with Crippen LogP contribution in [0.5, 0.6) is 0 Å². The number of piperidine rings is 1. The molecular weight excluding hydrogens is 280 g/mol. The molecule has 1 atom stereocenters. The van der Waals surface area contributed by atoms with Crippen molar-refractivity contribution >= 4 is 17.3 Å². The molecule has 0 radical (unpaired) electrons. The van der Waals surface area contributed by atoms with Crippen molar-refractivity contribution in [1.29, 1.82) is 0 Å². The van der Waals surface area contributed by atoms with Gasteiger partial charge in [0.15, 0.2) is 0 Å². The first kappa shape index (κ1) is 16.6. The van der Waals surface area contributed by atoms with Crippen LogP contribution in [0.25, 0.3) is 0 Å². The predicted molar refractivity (Wildman–Crippen MR) is 93.3 cm³/mol. The topological polar surface area (TPSA) is 15.3 Å². The lowest BCUT2D eigenvalue weighted by molar-refractivity contribution is 0.433. The predicted octanol–water partition coefficient (Wildman–Crippen LogP) is 5.00. The average Bonchev–Trinajstić information content (AvgIpc) is 2.49. The smallest absolute Gasteiger partial charge is 0.0415 e. The van der Waals surface area contributed by atoms with Crippen LogP contribution in [0.1, 0.15) is 57.9 Å². The van der Waals surface area contributed by atoms with E-state index in [4.69, 9.17) is 11.6 Å². The highest BCUT2D eigenvalue weighted by Crippen LogP contribution is 2.31. The van der Waals surface area contributed by atoms with Crippen molar-refractivity contribution in [2.75, 3.05) is 18.0 Å². The fourth-order valence-corrected chi connectivity index (χ4v) is 3.52. The van der Waals surface area contributed by atoms with Crippen LogP contribution in [0, 0.1) is 0 Å². The van der Waals surface area contributed by atoms with E-state index in [2.05, 4.69) is 36.2 Å². The minimum atomic E-state index is 0.704. The van der Waals surface area contributed by atoms with Crippen LogP contribution in [0.3, 0.4) is 0 Å². The second kappa shape index (κ2) is 8.65. The molecule has 0 aromatic heterocycles. The normalized spacial score (nSPS) is 19.0. The van der Waals surface area contributed by atoms with Crippen molar-refractivity contribution in [2.45, 2.75) is 65.0 Å². The SMILES string of the molecule is CCCNCc1cc(Cl)ccc1N1CCCCC1CCC. The molecule has 1 fully saturated rings. The zero-order valence-corrected chi connectivity index (χ0v) is 14.3. The summed E-state index contributed by atoms with van der Waals surface area (Å²) in [5.74, 6) is 0. The molecule has 0 spiro atoms. The zero-order chi connectivity index (χ0) is 15.1. The maximum atomic E-state index is 6.22. The Balaban J connectivity index is 2.19. The molecule has 1 aromatic carbocycles. The maximum absolute atomic E-state index is 6.22. The Morgan fingerprint density at radius 2 is 2.10 bits per heavy atom. The van der Waals surface area contributed by atoms with Gasteiger partial charge in [0.1, 0.15) is 0 Å². The maximum Gasteiger partial charge on any atom is 0.0415 e. The van der Waals surface area contributed by atoms with Gasteiger partial charge in [0.05, 0.1) is 0 Å². The van der Waals surface area contributed by atoms with E-state index >= 15 is 0 Å². The second-order valence-electron chi connectivity index (χ2n) is 6.08. The Hall–Kier alpha value is -0.730. The molecule has 118 valence electrons.